The fourth-order valence-electron chi connectivity index (χ4n) is 0.858. The largest absolute Gasteiger partial charge is 0.326 e. The number of nitrogens with zero attached hydrogens (tertiary/aromatic N) is 2. The molecule has 0 saturated carbocycles. The maximum Gasteiger partial charge on any atom is 0.187 e. The number of hydrogen-bond donors (Lipinski definition) is 1. The van der Waals surface area contributed by atoms with Crippen LogP contribution in [0.1, 0.15) is 25.8 Å². The van der Waals surface area contributed by atoms with Crippen molar-refractivity contribution in [1.29, 1.82) is 0 Å². The summed E-state index contributed by atoms with van der Waals surface area (Å²) in [4.78, 5) is 8.46. The summed E-state index contributed by atoms with van der Waals surface area (Å²) in [6, 6.07) is 0. The minimum absolute atomic E-state index is 0.510. The summed E-state index contributed by atoms with van der Waals surface area (Å²) in [5.41, 5.74) is 6.44. The summed E-state index contributed by atoms with van der Waals surface area (Å²) >= 11 is 1.71. The lowest BCUT2D eigenvalue weighted by atomic mass is 10.2. The Bertz CT molecular complexity index is 261. The van der Waals surface area contributed by atoms with E-state index < -0.39 is 0 Å². The zero-order valence-corrected chi connectivity index (χ0v) is 9.55. The summed E-state index contributed by atoms with van der Waals surface area (Å²) in [5.74, 6) is 1.80. The van der Waals surface area contributed by atoms with Gasteiger partial charge in [0.05, 0.1) is 0 Å². The van der Waals surface area contributed by atoms with Gasteiger partial charge in [-0.25, -0.2) is 9.97 Å². The van der Waals surface area contributed by atoms with Crippen LogP contribution >= 0.6 is 11.8 Å². The molecule has 2 N–H and O–H groups in total. The average molecular weight is 211 g/mol. The van der Waals surface area contributed by atoms with Crippen molar-refractivity contribution >= 4 is 11.8 Å². The van der Waals surface area contributed by atoms with Crippen LogP contribution in [0.2, 0.25) is 0 Å². The standard InChI is InChI=1S/C10H17N3S/c1-3-8(2)7-14-10-12-5-9(4-11)6-13-10/h5-6,8H,3-4,7,11H2,1-2H3. The Morgan fingerprint density at radius 3 is 2.57 bits per heavy atom. The molecule has 1 aromatic heterocycles. The van der Waals surface area contributed by atoms with Crippen molar-refractivity contribution in [2.24, 2.45) is 11.7 Å². The van der Waals surface area contributed by atoms with Gasteiger partial charge in [-0.2, -0.15) is 0 Å². The van der Waals surface area contributed by atoms with E-state index in [0.717, 1.165) is 22.4 Å². The molecule has 0 spiro atoms. The number of nitrogens with two attached hydrogens (primary N) is 1. The van der Waals surface area contributed by atoms with Crippen molar-refractivity contribution in [3.8, 4) is 0 Å². The van der Waals surface area contributed by atoms with Crippen LogP contribution in [-0.4, -0.2) is 15.7 Å². The molecule has 0 aromatic carbocycles. The lowest BCUT2D eigenvalue weighted by Crippen LogP contribution is -2.00. The molecule has 1 atom stereocenters. The first-order valence-electron chi connectivity index (χ1n) is 4.90. The van der Waals surface area contributed by atoms with Crippen LogP contribution in [0.3, 0.4) is 0 Å². The molecule has 0 amide bonds. The van der Waals surface area contributed by atoms with Gasteiger partial charge in [-0.15, -0.1) is 0 Å². The molecule has 1 unspecified atom stereocenters. The van der Waals surface area contributed by atoms with Crippen molar-refractivity contribution in [1.82, 2.24) is 9.97 Å². The van der Waals surface area contributed by atoms with Crippen molar-refractivity contribution in [2.75, 3.05) is 5.75 Å². The highest BCUT2D eigenvalue weighted by Crippen LogP contribution is 2.17. The van der Waals surface area contributed by atoms with Gasteiger partial charge in [-0.05, 0) is 5.92 Å². The van der Waals surface area contributed by atoms with Crippen molar-refractivity contribution in [2.45, 2.75) is 32.0 Å². The van der Waals surface area contributed by atoms with E-state index in [0.29, 0.717) is 6.54 Å². The molecule has 4 heteroatoms. The molecule has 78 valence electrons. The Morgan fingerprint density at radius 1 is 1.43 bits per heavy atom. The molecule has 0 fully saturated rings. The third-order valence-electron chi connectivity index (χ3n) is 2.11. The molecule has 1 aromatic rings. The first kappa shape index (κ1) is 11.5. The topological polar surface area (TPSA) is 51.8 Å². The zero-order chi connectivity index (χ0) is 10.4. The molecule has 0 aliphatic carbocycles. The zero-order valence-electron chi connectivity index (χ0n) is 8.73. The first-order chi connectivity index (χ1) is 6.76. The molecule has 0 bridgehead atoms. The van der Waals surface area contributed by atoms with Gasteiger partial charge in [0.15, 0.2) is 5.16 Å². The van der Waals surface area contributed by atoms with E-state index in [1.165, 1.54) is 6.42 Å². The summed E-state index contributed by atoms with van der Waals surface area (Å²) in [6.45, 7) is 4.95. The second-order valence-electron chi connectivity index (χ2n) is 3.40. The Labute approximate surface area is 89.5 Å². The van der Waals surface area contributed by atoms with Crippen LogP contribution < -0.4 is 5.73 Å². The van der Waals surface area contributed by atoms with E-state index in [4.69, 9.17) is 5.73 Å². The Hall–Kier alpha value is -0.610. The molecule has 1 rings (SSSR count). The van der Waals surface area contributed by atoms with Gasteiger partial charge in [-0.1, -0.05) is 32.0 Å². The van der Waals surface area contributed by atoms with Crippen molar-refractivity contribution in [3.63, 3.8) is 0 Å². The summed E-state index contributed by atoms with van der Waals surface area (Å²) in [7, 11) is 0. The lowest BCUT2D eigenvalue weighted by Gasteiger charge is -2.06. The molecular weight excluding hydrogens is 194 g/mol. The van der Waals surface area contributed by atoms with Crippen molar-refractivity contribution < 1.29 is 0 Å². The molecule has 1 heterocycles. The fourth-order valence-corrected chi connectivity index (χ4v) is 1.78. The quantitative estimate of drug-likeness (QED) is 0.598. The van der Waals surface area contributed by atoms with Crippen LogP contribution in [0.5, 0.6) is 0 Å². The molecule has 0 aliphatic heterocycles. The second kappa shape index (κ2) is 5.98. The SMILES string of the molecule is CCC(C)CSc1ncc(CN)cn1. The predicted octanol–water partition coefficient (Wildman–Crippen LogP) is 2.07. The molecule has 3 nitrogen and oxygen atoms in total. The molecule has 0 aliphatic rings. The van der Waals surface area contributed by atoms with E-state index in [2.05, 4.69) is 23.8 Å². The van der Waals surface area contributed by atoms with Crippen LogP contribution in [-0.2, 0) is 6.54 Å². The van der Waals surface area contributed by atoms with Crippen molar-refractivity contribution in [3.05, 3.63) is 18.0 Å². The van der Waals surface area contributed by atoms with Gasteiger partial charge in [0.25, 0.3) is 0 Å². The number of rotatable bonds is 5. The van der Waals surface area contributed by atoms with Gasteiger partial charge in [0, 0.05) is 30.3 Å². The predicted molar refractivity (Wildman–Crippen MR) is 60.1 cm³/mol. The van der Waals surface area contributed by atoms with Crippen LogP contribution in [0.25, 0.3) is 0 Å². The highest BCUT2D eigenvalue weighted by atomic mass is 32.2. The lowest BCUT2D eigenvalue weighted by molar-refractivity contribution is 0.636. The van der Waals surface area contributed by atoms with E-state index >= 15 is 0 Å². The van der Waals surface area contributed by atoms with Gasteiger partial charge >= 0.3 is 0 Å². The van der Waals surface area contributed by atoms with Crippen LogP contribution in [0, 0.1) is 5.92 Å². The molecule has 0 saturated heterocycles. The fraction of sp³-hybridized carbons (Fsp3) is 0.600. The third kappa shape index (κ3) is 3.64. The van der Waals surface area contributed by atoms with E-state index in [9.17, 15) is 0 Å². The number of hydrogen-bond acceptors (Lipinski definition) is 4. The summed E-state index contributed by atoms with van der Waals surface area (Å²) in [6.07, 6.45) is 4.80. The van der Waals surface area contributed by atoms with Gasteiger partial charge in [0.1, 0.15) is 0 Å². The first-order valence-corrected chi connectivity index (χ1v) is 5.88. The van der Waals surface area contributed by atoms with E-state index in [1.54, 1.807) is 24.2 Å². The number of aromatic nitrogens is 2. The van der Waals surface area contributed by atoms with Gasteiger partial charge < -0.3 is 5.73 Å². The van der Waals surface area contributed by atoms with E-state index in [-0.39, 0.29) is 0 Å². The number of thioether (sulfide) groups is 1. The Balaban J connectivity index is 2.43. The smallest absolute Gasteiger partial charge is 0.187 e. The monoisotopic (exact) mass is 211 g/mol. The summed E-state index contributed by atoms with van der Waals surface area (Å²) in [5, 5.41) is 0.850. The Morgan fingerprint density at radius 2 is 2.07 bits per heavy atom. The molecule has 14 heavy (non-hydrogen) atoms. The van der Waals surface area contributed by atoms with Crippen LogP contribution in [0.15, 0.2) is 17.6 Å². The van der Waals surface area contributed by atoms with E-state index in [1.807, 2.05) is 0 Å². The maximum absolute atomic E-state index is 5.46. The second-order valence-corrected chi connectivity index (χ2v) is 4.39. The summed E-state index contributed by atoms with van der Waals surface area (Å²) < 4.78 is 0. The Kier molecular flexibility index (Phi) is 4.90. The molecular formula is C10H17N3S. The van der Waals surface area contributed by atoms with Gasteiger partial charge in [-0.3, -0.25) is 0 Å². The molecule has 0 radical (unpaired) electrons. The normalized spacial score (nSPS) is 12.8. The van der Waals surface area contributed by atoms with Gasteiger partial charge in [0.2, 0.25) is 0 Å². The van der Waals surface area contributed by atoms with Crippen LogP contribution in [0.4, 0.5) is 0 Å². The highest BCUT2D eigenvalue weighted by Gasteiger charge is 2.02. The maximum atomic E-state index is 5.46. The minimum atomic E-state index is 0.510. The minimum Gasteiger partial charge on any atom is -0.326 e. The average Bonchev–Trinajstić information content (AvgIpc) is 2.26. The highest BCUT2D eigenvalue weighted by molar-refractivity contribution is 7.99. The third-order valence-corrected chi connectivity index (χ3v) is 3.32.